The van der Waals surface area contributed by atoms with Gasteiger partial charge in [-0.3, -0.25) is 9.59 Å². The van der Waals surface area contributed by atoms with Gasteiger partial charge < -0.3 is 31.4 Å². The third-order valence-electron chi connectivity index (χ3n) is 9.58. The zero-order valence-electron chi connectivity index (χ0n) is 33.4. The second-order valence-corrected chi connectivity index (χ2v) is 15.9. The van der Waals surface area contributed by atoms with Crippen LogP contribution in [0.2, 0.25) is 0 Å². The summed E-state index contributed by atoms with van der Waals surface area (Å²) in [7, 11) is -4.76. The maximum Gasteiger partial charge on any atom is 0.424 e. The van der Waals surface area contributed by atoms with Gasteiger partial charge in [-0.05, 0) is 80.9 Å². The highest BCUT2D eigenvalue weighted by Crippen LogP contribution is 2.25. The van der Waals surface area contributed by atoms with Gasteiger partial charge in [0.2, 0.25) is 5.91 Å². The number of unbranched alkanes of at least 4 members (excludes halogenated alkanes) is 2. The van der Waals surface area contributed by atoms with Crippen LogP contribution in [0.4, 0.5) is 9.59 Å². The van der Waals surface area contributed by atoms with Crippen molar-refractivity contribution in [2.75, 3.05) is 19.7 Å². The Bertz CT molecular complexity index is 2020. The molecule has 0 aliphatic rings. The molecule has 4 rings (SSSR count). The average Bonchev–Trinajstić information content (AvgIpc) is 3.25. The Morgan fingerprint density at radius 3 is 1.68 bits per heavy atom. The van der Waals surface area contributed by atoms with Gasteiger partial charge in [0.25, 0.3) is 15.9 Å². The molecular formula is C44H55N5O9S. The van der Waals surface area contributed by atoms with Crippen LogP contribution in [-0.2, 0) is 48.7 Å². The number of aryl methyl sites for hydroxylation is 1. The molecule has 0 saturated heterocycles. The fourth-order valence-corrected chi connectivity index (χ4v) is 7.85. The minimum Gasteiger partial charge on any atom is -0.444 e. The normalized spacial score (nSPS) is 12.7. The standard InChI is InChI=1S/C44H55N5O9S/c1-33-23-25-38(26-24-33)59(55,56)49(44(54)58-32-36-19-9-4-10-20-36)40(22-12-14-28-46)41(51)47-39(29-34-15-5-2-6-16-34)42(52)48(37(30-50)21-11-13-27-45)43(53)57-31-35-17-7-3-8-18-35/h2-10,15-20,23-26,37,39-40,50H,11-14,21-22,27-32,45-46H2,1H3,(H,47,51)/t37-,39-,40+/m0/s1. The van der Waals surface area contributed by atoms with Crippen molar-refractivity contribution in [2.45, 2.75) is 88.1 Å². The lowest BCUT2D eigenvalue weighted by molar-refractivity contribution is -0.138. The van der Waals surface area contributed by atoms with Gasteiger partial charge in [0, 0.05) is 6.42 Å². The molecule has 0 bridgehead atoms. The summed E-state index contributed by atoms with van der Waals surface area (Å²) in [4.78, 5) is 58.1. The molecule has 0 saturated carbocycles. The third-order valence-corrected chi connectivity index (χ3v) is 11.4. The lowest BCUT2D eigenvalue weighted by atomic mass is 10.0. The zero-order valence-corrected chi connectivity index (χ0v) is 34.2. The number of nitrogens with one attached hydrogen (secondary N) is 1. The maximum absolute atomic E-state index is 14.8. The Labute approximate surface area is 346 Å². The minimum absolute atomic E-state index is 0.145. The number of carbonyl (C=O) groups is 4. The second-order valence-electron chi connectivity index (χ2n) is 14.1. The van der Waals surface area contributed by atoms with Gasteiger partial charge in [0.1, 0.15) is 25.3 Å². The first-order chi connectivity index (χ1) is 28.5. The number of nitrogens with zero attached hydrogens (tertiary/aromatic N) is 2. The van der Waals surface area contributed by atoms with Crippen LogP contribution in [-0.4, -0.2) is 84.6 Å². The number of hydrogen-bond acceptors (Lipinski definition) is 11. The number of benzene rings is 4. The molecule has 4 aromatic carbocycles. The van der Waals surface area contributed by atoms with Crippen molar-refractivity contribution in [2.24, 2.45) is 11.5 Å². The number of sulfonamides is 1. The molecule has 0 spiro atoms. The Morgan fingerprint density at radius 2 is 1.17 bits per heavy atom. The van der Waals surface area contributed by atoms with Gasteiger partial charge in [-0.25, -0.2) is 22.9 Å². The van der Waals surface area contributed by atoms with Crippen LogP contribution in [0.15, 0.2) is 120 Å². The van der Waals surface area contributed by atoms with E-state index in [4.69, 9.17) is 20.9 Å². The summed E-state index contributed by atoms with van der Waals surface area (Å²) in [5.41, 5.74) is 14.1. The fourth-order valence-electron chi connectivity index (χ4n) is 6.36. The number of aliphatic hydroxyl groups is 1. The van der Waals surface area contributed by atoms with Crippen LogP contribution < -0.4 is 16.8 Å². The highest BCUT2D eigenvalue weighted by Gasteiger charge is 2.43. The SMILES string of the molecule is Cc1ccc(S(=O)(=O)N(C(=O)OCc2ccccc2)[C@H](CCCCN)C(=O)N[C@@H](Cc2ccccc2)C(=O)N(C(=O)OCc2ccccc2)[C@H](CO)CCCCN)cc1. The van der Waals surface area contributed by atoms with E-state index >= 15 is 0 Å². The Balaban J connectivity index is 1.78. The van der Waals surface area contributed by atoms with Crippen molar-refractivity contribution in [3.63, 3.8) is 0 Å². The lowest BCUT2D eigenvalue weighted by Gasteiger charge is -2.34. The van der Waals surface area contributed by atoms with Crippen LogP contribution in [0.3, 0.4) is 0 Å². The van der Waals surface area contributed by atoms with Crippen molar-refractivity contribution >= 4 is 34.0 Å². The minimum atomic E-state index is -4.76. The molecule has 3 atom stereocenters. The number of ether oxygens (including phenoxy) is 2. The molecule has 4 amide bonds. The molecule has 0 fully saturated rings. The average molecular weight is 830 g/mol. The smallest absolute Gasteiger partial charge is 0.424 e. The zero-order chi connectivity index (χ0) is 42.6. The summed E-state index contributed by atoms with van der Waals surface area (Å²) in [5, 5.41) is 13.3. The van der Waals surface area contributed by atoms with Gasteiger partial charge in [0.05, 0.1) is 17.5 Å². The summed E-state index contributed by atoms with van der Waals surface area (Å²) in [6, 6.07) is 27.7. The molecular weight excluding hydrogens is 775 g/mol. The highest BCUT2D eigenvalue weighted by molar-refractivity contribution is 7.89. The predicted molar refractivity (Wildman–Crippen MR) is 223 cm³/mol. The van der Waals surface area contributed by atoms with E-state index in [1.807, 2.05) is 0 Å². The van der Waals surface area contributed by atoms with Gasteiger partial charge in [-0.1, -0.05) is 115 Å². The molecule has 6 N–H and O–H groups in total. The summed E-state index contributed by atoms with van der Waals surface area (Å²) >= 11 is 0. The lowest BCUT2D eigenvalue weighted by Crippen LogP contribution is -2.59. The van der Waals surface area contributed by atoms with Crippen molar-refractivity contribution in [1.82, 2.24) is 14.5 Å². The molecule has 0 unspecified atom stereocenters. The van der Waals surface area contributed by atoms with Gasteiger partial charge >= 0.3 is 12.2 Å². The van der Waals surface area contributed by atoms with E-state index in [0.29, 0.717) is 46.8 Å². The summed E-state index contributed by atoms with van der Waals surface area (Å²) < 4.78 is 40.5. The highest BCUT2D eigenvalue weighted by atomic mass is 32.2. The van der Waals surface area contributed by atoms with E-state index in [-0.39, 0.29) is 50.3 Å². The number of imide groups is 1. The fraction of sp³-hybridized carbons (Fsp3) is 0.364. The molecule has 59 heavy (non-hydrogen) atoms. The number of rotatable bonds is 22. The Morgan fingerprint density at radius 1 is 0.678 bits per heavy atom. The molecule has 0 aromatic heterocycles. The van der Waals surface area contributed by atoms with Gasteiger partial charge in [0.15, 0.2) is 0 Å². The molecule has 0 aliphatic carbocycles. The van der Waals surface area contributed by atoms with Crippen molar-refractivity contribution in [3.8, 4) is 0 Å². The van der Waals surface area contributed by atoms with E-state index in [0.717, 1.165) is 10.5 Å². The number of carbonyl (C=O) groups excluding carboxylic acids is 4. The van der Waals surface area contributed by atoms with Crippen molar-refractivity contribution < 1.29 is 42.2 Å². The molecule has 0 heterocycles. The molecule has 4 aromatic rings. The Hall–Kier alpha value is -5.61. The van der Waals surface area contributed by atoms with E-state index in [2.05, 4.69) is 5.32 Å². The predicted octanol–water partition coefficient (Wildman–Crippen LogP) is 5.20. The Kier molecular flexibility index (Phi) is 18.5. The first kappa shape index (κ1) is 46.1. The van der Waals surface area contributed by atoms with Crippen LogP contribution >= 0.6 is 0 Å². The quantitative estimate of drug-likeness (QED) is 0.0756. The largest absolute Gasteiger partial charge is 0.444 e. The second kappa shape index (κ2) is 23.7. The van der Waals surface area contributed by atoms with Gasteiger partial charge in [-0.15, -0.1) is 0 Å². The third kappa shape index (κ3) is 13.7. The number of nitrogens with two attached hydrogens (primary N) is 2. The molecule has 14 nitrogen and oxygen atoms in total. The van der Waals surface area contributed by atoms with Crippen molar-refractivity contribution in [3.05, 3.63) is 138 Å². The topological polar surface area (TPSA) is 212 Å². The van der Waals surface area contributed by atoms with Crippen LogP contribution in [0.5, 0.6) is 0 Å². The number of hydrogen-bond donors (Lipinski definition) is 4. The van der Waals surface area contributed by atoms with E-state index in [1.165, 1.54) is 12.1 Å². The monoisotopic (exact) mass is 829 g/mol. The first-order valence-corrected chi connectivity index (χ1v) is 21.1. The molecule has 316 valence electrons. The van der Waals surface area contributed by atoms with Crippen LogP contribution in [0, 0.1) is 6.92 Å². The van der Waals surface area contributed by atoms with Crippen LogP contribution in [0.25, 0.3) is 0 Å². The molecule has 0 radical (unpaired) electrons. The summed E-state index contributed by atoms with van der Waals surface area (Å²) in [6.07, 6.45) is -0.867. The maximum atomic E-state index is 14.8. The molecule has 15 heteroatoms. The van der Waals surface area contributed by atoms with E-state index < -0.39 is 58.8 Å². The summed E-state index contributed by atoms with van der Waals surface area (Å²) in [6.45, 7) is 1.26. The van der Waals surface area contributed by atoms with Crippen LogP contribution in [0.1, 0.15) is 60.8 Å². The first-order valence-electron chi connectivity index (χ1n) is 19.7. The van der Waals surface area contributed by atoms with E-state index in [1.54, 1.807) is 110 Å². The van der Waals surface area contributed by atoms with E-state index in [9.17, 15) is 32.7 Å². The molecule has 0 aliphatic heterocycles. The number of amides is 4. The number of aliphatic hydroxyl groups excluding tert-OH is 1. The van der Waals surface area contributed by atoms with Crippen molar-refractivity contribution in [1.29, 1.82) is 0 Å². The van der Waals surface area contributed by atoms with Gasteiger partial charge in [-0.2, -0.15) is 4.31 Å². The summed E-state index contributed by atoms with van der Waals surface area (Å²) in [5.74, 6) is -1.91.